The summed E-state index contributed by atoms with van der Waals surface area (Å²) in [5.41, 5.74) is 6.45. The van der Waals surface area contributed by atoms with Crippen LogP contribution in [-0.4, -0.2) is 5.71 Å². The van der Waals surface area contributed by atoms with E-state index in [1.54, 1.807) is 6.08 Å². The maximum Gasteiger partial charge on any atom is 0.0626 e. The van der Waals surface area contributed by atoms with E-state index in [0.717, 1.165) is 10.0 Å². The van der Waals surface area contributed by atoms with Gasteiger partial charge in [0.1, 0.15) is 0 Å². The Labute approximate surface area is 79.7 Å². The molecule has 3 N–H and O–H groups in total. The molecule has 1 aromatic rings. The fraction of sp³-hybridized carbons (Fsp3) is 0. The molecule has 2 nitrogen and oxygen atoms in total. The predicted octanol–water partition coefficient (Wildman–Crippen LogP) is 2.29. The number of nitrogens with one attached hydrogen (secondary N) is 1. The minimum absolute atomic E-state index is 0.421. The fourth-order valence-electron chi connectivity index (χ4n) is 0.822. The minimum atomic E-state index is 0.421. The lowest BCUT2D eigenvalue weighted by atomic mass is 10.1. The summed E-state index contributed by atoms with van der Waals surface area (Å²) in [6.07, 6.45) is 2.92. The second kappa shape index (κ2) is 4.07. The molecule has 0 heterocycles. The molecule has 0 bridgehead atoms. The summed E-state index contributed by atoms with van der Waals surface area (Å²) in [5, 5.41) is 7.52. The summed E-state index contributed by atoms with van der Waals surface area (Å²) >= 11 is 3.32. The molecule has 3 heteroatoms. The van der Waals surface area contributed by atoms with Crippen LogP contribution in [0.1, 0.15) is 5.56 Å². The van der Waals surface area contributed by atoms with Gasteiger partial charge in [0, 0.05) is 4.47 Å². The molecule has 62 valence electrons. The van der Waals surface area contributed by atoms with Crippen LogP contribution in [0.25, 0.3) is 0 Å². The zero-order valence-corrected chi connectivity index (χ0v) is 8.01. The lowest BCUT2D eigenvalue weighted by Crippen LogP contribution is -1.94. The van der Waals surface area contributed by atoms with Crippen molar-refractivity contribution in [3.8, 4) is 0 Å². The Bertz CT molecular complexity index is 301. The third-order valence-electron chi connectivity index (χ3n) is 1.42. The van der Waals surface area contributed by atoms with E-state index in [2.05, 4.69) is 15.9 Å². The topological polar surface area (TPSA) is 49.9 Å². The smallest absolute Gasteiger partial charge is 0.0626 e. The standard InChI is InChI=1S/C9H9BrN2/c10-8-3-1-7(2-4-8)9(12)5-6-11/h1-6,12H,11H2. The molecule has 1 aromatic carbocycles. The van der Waals surface area contributed by atoms with E-state index in [0.29, 0.717) is 5.71 Å². The molecule has 0 saturated carbocycles. The number of allylic oxidation sites excluding steroid dienone is 1. The van der Waals surface area contributed by atoms with E-state index in [1.807, 2.05) is 24.3 Å². The van der Waals surface area contributed by atoms with E-state index in [4.69, 9.17) is 11.1 Å². The van der Waals surface area contributed by atoms with Crippen LogP contribution < -0.4 is 5.73 Å². The predicted molar refractivity (Wildman–Crippen MR) is 54.3 cm³/mol. The average Bonchev–Trinajstić information content (AvgIpc) is 2.06. The number of hydrogen-bond acceptors (Lipinski definition) is 2. The Morgan fingerprint density at radius 3 is 2.42 bits per heavy atom. The molecule has 0 radical (unpaired) electrons. The van der Waals surface area contributed by atoms with Gasteiger partial charge in [-0.2, -0.15) is 0 Å². The number of rotatable bonds is 2. The molecule has 0 aliphatic rings. The summed E-state index contributed by atoms with van der Waals surface area (Å²) in [4.78, 5) is 0. The summed E-state index contributed by atoms with van der Waals surface area (Å²) in [7, 11) is 0. The molecule has 0 saturated heterocycles. The van der Waals surface area contributed by atoms with Gasteiger partial charge in [0.2, 0.25) is 0 Å². The highest BCUT2D eigenvalue weighted by Crippen LogP contribution is 2.10. The second-order valence-electron chi connectivity index (χ2n) is 2.28. The molecule has 0 fully saturated rings. The van der Waals surface area contributed by atoms with Gasteiger partial charge in [-0.1, -0.05) is 28.1 Å². The number of halogens is 1. The van der Waals surface area contributed by atoms with Crippen LogP contribution in [0, 0.1) is 5.41 Å². The van der Waals surface area contributed by atoms with Crippen molar-refractivity contribution in [2.24, 2.45) is 5.73 Å². The summed E-state index contributed by atoms with van der Waals surface area (Å²) < 4.78 is 1.01. The Kier molecular flexibility index (Phi) is 3.05. The first-order valence-corrected chi connectivity index (χ1v) is 4.26. The first kappa shape index (κ1) is 9.00. The van der Waals surface area contributed by atoms with Crippen molar-refractivity contribution in [2.75, 3.05) is 0 Å². The van der Waals surface area contributed by atoms with Crippen molar-refractivity contribution >= 4 is 21.6 Å². The van der Waals surface area contributed by atoms with E-state index >= 15 is 0 Å². The highest BCUT2D eigenvalue weighted by Gasteiger charge is 1.95. The molecule has 0 aliphatic carbocycles. The van der Waals surface area contributed by atoms with Crippen LogP contribution in [0.4, 0.5) is 0 Å². The lowest BCUT2D eigenvalue weighted by Gasteiger charge is -1.97. The van der Waals surface area contributed by atoms with Crippen molar-refractivity contribution < 1.29 is 0 Å². The Morgan fingerprint density at radius 1 is 1.33 bits per heavy atom. The van der Waals surface area contributed by atoms with Crippen LogP contribution in [-0.2, 0) is 0 Å². The molecule has 0 spiro atoms. The van der Waals surface area contributed by atoms with E-state index in [9.17, 15) is 0 Å². The van der Waals surface area contributed by atoms with Crippen LogP contribution in [0.3, 0.4) is 0 Å². The summed E-state index contributed by atoms with van der Waals surface area (Å²) in [6.45, 7) is 0. The molecule has 0 unspecified atom stereocenters. The van der Waals surface area contributed by atoms with Gasteiger partial charge >= 0.3 is 0 Å². The van der Waals surface area contributed by atoms with E-state index in [-0.39, 0.29) is 0 Å². The average molecular weight is 225 g/mol. The Morgan fingerprint density at radius 2 is 1.92 bits per heavy atom. The lowest BCUT2D eigenvalue weighted by molar-refractivity contribution is 1.47. The number of benzene rings is 1. The van der Waals surface area contributed by atoms with Gasteiger partial charge in [0.25, 0.3) is 0 Å². The molecule has 0 aromatic heterocycles. The van der Waals surface area contributed by atoms with Gasteiger partial charge in [0.15, 0.2) is 0 Å². The van der Waals surface area contributed by atoms with Crippen LogP contribution in [0.15, 0.2) is 41.0 Å². The van der Waals surface area contributed by atoms with Gasteiger partial charge in [-0.3, -0.25) is 0 Å². The quantitative estimate of drug-likeness (QED) is 0.745. The highest BCUT2D eigenvalue weighted by atomic mass is 79.9. The SMILES string of the molecule is N=C(C=CN)c1ccc(Br)cc1. The molecular formula is C9H9BrN2. The molecule has 12 heavy (non-hydrogen) atoms. The van der Waals surface area contributed by atoms with Crippen molar-refractivity contribution in [3.05, 3.63) is 46.6 Å². The van der Waals surface area contributed by atoms with Gasteiger partial charge in [-0.15, -0.1) is 0 Å². The molecule has 0 atom stereocenters. The monoisotopic (exact) mass is 224 g/mol. The third-order valence-corrected chi connectivity index (χ3v) is 1.95. The number of hydrogen-bond donors (Lipinski definition) is 2. The van der Waals surface area contributed by atoms with Crippen LogP contribution in [0.5, 0.6) is 0 Å². The first-order valence-electron chi connectivity index (χ1n) is 3.47. The zero-order valence-electron chi connectivity index (χ0n) is 6.42. The third kappa shape index (κ3) is 2.20. The Hall–Kier alpha value is -1.09. The maximum absolute atomic E-state index is 7.52. The van der Waals surface area contributed by atoms with Crippen molar-refractivity contribution in [2.45, 2.75) is 0 Å². The maximum atomic E-state index is 7.52. The molecular weight excluding hydrogens is 216 g/mol. The summed E-state index contributed by atoms with van der Waals surface area (Å²) in [5.74, 6) is 0. The number of nitrogens with two attached hydrogens (primary N) is 1. The Balaban J connectivity index is 2.90. The minimum Gasteiger partial charge on any atom is -0.405 e. The van der Waals surface area contributed by atoms with Gasteiger partial charge in [-0.05, 0) is 30.0 Å². The van der Waals surface area contributed by atoms with Crippen LogP contribution in [0.2, 0.25) is 0 Å². The largest absolute Gasteiger partial charge is 0.405 e. The molecule has 1 rings (SSSR count). The molecule has 0 amide bonds. The van der Waals surface area contributed by atoms with Crippen LogP contribution >= 0.6 is 15.9 Å². The zero-order chi connectivity index (χ0) is 8.97. The van der Waals surface area contributed by atoms with E-state index in [1.165, 1.54) is 6.20 Å². The highest BCUT2D eigenvalue weighted by molar-refractivity contribution is 9.10. The van der Waals surface area contributed by atoms with E-state index < -0.39 is 0 Å². The normalized spacial score (nSPS) is 10.4. The van der Waals surface area contributed by atoms with Gasteiger partial charge in [-0.25, -0.2) is 0 Å². The second-order valence-corrected chi connectivity index (χ2v) is 3.20. The van der Waals surface area contributed by atoms with Crippen molar-refractivity contribution in [1.82, 2.24) is 0 Å². The fourth-order valence-corrected chi connectivity index (χ4v) is 1.09. The van der Waals surface area contributed by atoms with Crippen molar-refractivity contribution in [1.29, 1.82) is 5.41 Å². The van der Waals surface area contributed by atoms with Gasteiger partial charge in [0.05, 0.1) is 5.71 Å². The summed E-state index contributed by atoms with van der Waals surface area (Å²) in [6, 6.07) is 7.53. The van der Waals surface area contributed by atoms with Gasteiger partial charge < -0.3 is 11.1 Å². The first-order chi connectivity index (χ1) is 5.74. The van der Waals surface area contributed by atoms with Crippen molar-refractivity contribution in [3.63, 3.8) is 0 Å². The molecule has 0 aliphatic heterocycles.